The number of nitrogens with one attached hydrogen (secondary N) is 1. The lowest BCUT2D eigenvalue weighted by molar-refractivity contribution is -0.908. The van der Waals surface area contributed by atoms with Crippen molar-refractivity contribution in [3.63, 3.8) is 0 Å². The summed E-state index contributed by atoms with van der Waals surface area (Å²) in [5, 5.41) is 45.6. The third-order valence-electron chi connectivity index (χ3n) is 7.64. The number of hydrogen-bond acceptors (Lipinski definition) is 15. The minimum Gasteiger partial charge on any atom is -0.543 e. The number of fused-ring (bicyclic) bond motifs is 1. The van der Waals surface area contributed by atoms with Gasteiger partial charge in [-0.05, 0) is 18.2 Å². The standard InChI is InChI=1S/C26H28N8O10S2/c1-34(6-4-32(5-7-34)22(40)12-2-3-14(35)15(36)8-12)9-13-11-45-24-18(23(41)33(24)19(13)25(42)43)28-21(39)17(30-44-10-16(37)38)20-29-26(27)46-31-20/h2-3,8,18,24H,4-7,9-11H2,1H3,(H6-,27,28,29,30,31,35,36,37,38,39,40,42,43)/t18-,24+/m1/s1. The molecule has 0 unspecified atom stereocenters. The molecule has 0 bridgehead atoms. The van der Waals surface area contributed by atoms with Gasteiger partial charge >= 0.3 is 5.97 Å². The molecule has 0 spiro atoms. The van der Waals surface area contributed by atoms with E-state index in [1.165, 1.54) is 30.0 Å². The van der Waals surface area contributed by atoms with Crippen molar-refractivity contribution in [3.05, 3.63) is 40.9 Å². The average Bonchev–Trinajstić information content (AvgIpc) is 3.44. The first kappa shape index (κ1) is 32.4. The number of aliphatic carboxylic acids is 2. The number of amides is 3. The number of hydrogen-bond donors (Lipinski definition) is 5. The van der Waals surface area contributed by atoms with Gasteiger partial charge in [0.2, 0.25) is 18.1 Å². The predicted molar refractivity (Wildman–Crippen MR) is 158 cm³/mol. The third-order valence-corrected chi connectivity index (χ3v) is 9.52. The van der Waals surface area contributed by atoms with E-state index in [1.54, 1.807) is 4.90 Å². The zero-order valence-electron chi connectivity index (χ0n) is 24.1. The number of carboxylic acids is 2. The van der Waals surface area contributed by atoms with Gasteiger partial charge in [-0.15, -0.1) is 11.8 Å². The Morgan fingerprint density at radius 2 is 1.93 bits per heavy atom. The van der Waals surface area contributed by atoms with Gasteiger partial charge in [0.05, 0.1) is 44.9 Å². The number of aromatic hydroxyl groups is 2. The molecule has 3 aliphatic rings. The second-order valence-corrected chi connectivity index (χ2v) is 12.8. The molecule has 0 saturated carbocycles. The maximum atomic E-state index is 13.2. The molecule has 3 aliphatic heterocycles. The second kappa shape index (κ2) is 12.8. The number of nitrogens with two attached hydrogens (primary N) is 1. The molecule has 1 aromatic heterocycles. The summed E-state index contributed by atoms with van der Waals surface area (Å²) in [5.41, 5.74) is 5.48. The normalized spacial score (nSPS) is 20.9. The summed E-state index contributed by atoms with van der Waals surface area (Å²) < 4.78 is 4.26. The molecule has 2 fully saturated rings. The Morgan fingerprint density at radius 3 is 2.54 bits per heavy atom. The Bertz CT molecular complexity index is 1670. The lowest BCUT2D eigenvalue weighted by Gasteiger charge is -2.51. The van der Waals surface area contributed by atoms with Gasteiger partial charge in [0.15, 0.2) is 16.6 Å². The van der Waals surface area contributed by atoms with Crippen molar-refractivity contribution in [3.8, 4) is 11.5 Å². The smallest absolute Gasteiger partial charge is 0.344 e. The van der Waals surface area contributed by atoms with Crippen LogP contribution in [0.15, 0.2) is 34.6 Å². The Kier molecular flexibility index (Phi) is 9.03. The first-order chi connectivity index (χ1) is 21.8. The molecule has 6 N–H and O–H groups in total. The van der Waals surface area contributed by atoms with Crippen LogP contribution in [0.3, 0.4) is 0 Å². The number of anilines is 1. The van der Waals surface area contributed by atoms with Crippen LogP contribution >= 0.6 is 23.3 Å². The van der Waals surface area contributed by atoms with Crippen molar-refractivity contribution in [1.82, 2.24) is 24.5 Å². The fourth-order valence-electron chi connectivity index (χ4n) is 5.28. The molecule has 244 valence electrons. The molecule has 2 aromatic rings. The van der Waals surface area contributed by atoms with Gasteiger partial charge in [-0.3, -0.25) is 19.3 Å². The third kappa shape index (κ3) is 6.53. The number of benzene rings is 1. The van der Waals surface area contributed by atoms with E-state index in [2.05, 4.69) is 24.7 Å². The lowest BCUT2D eigenvalue weighted by Crippen LogP contribution is -2.72. The summed E-state index contributed by atoms with van der Waals surface area (Å²) in [6.45, 7) is 1.04. The predicted octanol–water partition coefficient (Wildman–Crippen LogP) is -2.66. The minimum atomic E-state index is -1.54. The number of β-lactam (4-membered cyclic amide) rings is 1. The molecule has 2 atom stereocenters. The fraction of sp³-hybridized carbons (Fsp3) is 0.385. The van der Waals surface area contributed by atoms with E-state index in [-0.39, 0.29) is 46.2 Å². The van der Waals surface area contributed by atoms with Crippen LogP contribution in [0.1, 0.15) is 16.2 Å². The number of quaternary nitrogens is 1. The van der Waals surface area contributed by atoms with Crippen LogP contribution < -0.4 is 16.2 Å². The zero-order valence-corrected chi connectivity index (χ0v) is 25.7. The Hall–Kier alpha value is -4.95. The summed E-state index contributed by atoms with van der Waals surface area (Å²) in [6.07, 6.45) is 0. The van der Waals surface area contributed by atoms with Gasteiger partial charge in [-0.25, -0.2) is 4.79 Å². The van der Waals surface area contributed by atoms with Crippen molar-refractivity contribution in [1.29, 1.82) is 0 Å². The summed E-state index contributed by atoms with van der Waals surface area (Å²) in [6, 6.07) is 2.70. The van der Waals surface area contributed by atoms with Gasteiger partial charge in [-0.1, -0.05) is 5.16 Å². The van der Waals surface area contributed by atoms with Gasteiger partial charge in [0.1, 0.15) is 18.0 Å². The van der Waals surface area contributed by atoms with Crippen molar-refractivity contribution < 1.29 is 53.7 Å². The van der Waals surface area contributed by atoms with Crippen LogP contribution in [0.4, 0.5) is 5.13 Å². The van der Waals surface area contributed by atoms with Gasteiger partial charge in [-0.2, -0.15) is 9.36 Å². The maximum Gasteiger partial charge on any atom is 0.344 e. The number of phenolic OH excluding ortho intramolecular Hbond substituents is 2. The molecule has 0 aliphatic carbocycles. The topological polar surface area (TPSA) is 261 Å². The molecule has 2 saturated heterocycles. The van der Waals surface area contributed by atoms with Crippen LogP contribution in [-0.4, -0.2) is 138 Å². The van der Waals surface area contributed by atoms with Gasteiger partial charge in [0.25, 0.3) is 17.7 Å². The molecule has 0 radical (unpaired) electrons. The van der Waals surface area contributed by atoms with E-state index in [0.717, 1.165) is 16.4 Å². The highest BCUT2D eigenvalue weighted by Gasteiger charge is 2.54. The first-order valence-corrected chi connectivity index (χ1v) is 15.4. The average molecular weight is 677 g/mol. The number of rotatable bonds is 10. The second-order valence-electron chi connectivity index (χ2n) is 10.9. The van der Waals surface area contributed by atoms with Gasteiger partial charge in [0, 0.05) is 28.4 Å². The van der Waals surface area contributed by atoms with Crippen molar-refractivity contribution in [2.75, 3.05) is 57.9 Å². The van der Waals surface area contributed by atoms with E-state index in [0.29, 0.717) is 36.2 Å². The van der Waals surface area contributed by atoms with Crippen LogP contribution in [0.2, 0.25) is 0 Å². The molecular formula is C26H28N8O10S2. The quantitative estimate of drug-likeness (QED) is 0.0566. The van der Waals surface area contributed by atoms with E-state index in [1.807, 2.05) is 7.05 Å². The largest absolute Gasteiger partial charge is 0.543 e. The number of oxime groups is 1. The monoisotopic (exact) mass is 676 g/mol. The molecule has 4 heterocycles. The summed E-state index contributed by atoms with van der Waals surface area (Å²) in [5.74, 6) is -5.63. The van der Waals surface area contributed by atoms with Gasteiger partial charge < -0.3 is 50.5 Å². The number of piperazine rings is 1. The molecular weight excluding hydrogens is 648 g/mol. The molecule has 20 heteroatoms. The number of carbonyl (C=O) groups is 5. The first-order valence-electron chi connectivity index (χ1n) is 13.6. The number of aromatic nitrogens is 2. The van der Waals surface area contributed by atoms with Crippen molar-refractivity contribution >= 4 is 63.8 Å². The highest BCUT2D eigenvalue weighted by atomic mass is 32.2. The number of nitrogen functional groups attached to an aromatic ring is 1. The van der Waals surface area contributed by atoms with Crippen LogP contribution in [0.5, 0.6) is 11.5 Å². The zero-order chi connectivity index (χ0) is 33.3. The van der Waals surface area contributed by atoms with E-state index in [4.69, 9.17) is 10.8 Å². The number of likely N-dealkylation sites (N-methyl/N-ethyl adjacent to an activating group) is 1. The van der Waals surface area contributed by atoms with Crippen LogP contribution in [-0.2, 0) is 24.0 Å². The number of carbonyl (C=O) groups excluding carboxylic acids is 4. The van der Waals surface area contributed by atoms with Crippen molar-refractivity contribution in [2.24, 2.45) is 5.16 Å². The van der Waals surface area contributed by atoms with E-state index < -0.39 is 53.2 Å². The van der Waals surface area contributed by atoms with Crippen molar-refractivity contribution in [2.45, 2.75) is 11.4 Å². The molecule has 46 heavy (non-hydrogen) atoms. The summed E-state index contributed by atoms with van der Waals surface area (Å²) in [7, 11) is 1.92. The van der Waals surface area contributed by atoms with Crippen LogP contribution in [0, 0.1) is 0 Å². The minimum absolute atomic E-state index is 0.000679. The Balaban J connectivity index is 1.26. The molecule has 18 nitrogen and oxygen atoms in total. The summed E-state index contributed by atoms with van der Waals surface area (Å²) in [4.78, 5) is 73.6. The Morgan fingerprint density at radius 1 is 1.22 bits per heavy atom. The highest BCUT2D eigenvalue weighted by Crippen LogP contribution is 2.41. The SMILES string of the molecule is C[N+]1(CC2=C(C(=O)[O-])N3C(=O)[C@@H](NC(=O)C(=NOCC(=O)O)c4nsc(N)n4)[C@@H]3SC2)CCN(C(=O)c2ccc(O)c(O)c2)CC1. The molecule has 1 aromatic carbocycles. The molecule has 5 rings (SSSR count). The molecule has 3 amide bonds. The maximum absolute atomic E-state index is 13.2. The fourth-order valence-corrected chi connectivity index (χ4v) is 7.05. The number of thioether (sulfide) groups is 1. The number of carboxylic acid groups (broad SMARTS) is 2. The van der Waals surface area contributed by atoms with E-state index >= 15 is 0 Å². The lowest BCUT2D eigenvalue weighted by atomic mass is 10.0. The number of phenols is 2. The number of nitrogens with zero attached hydrogens (tertiary/aromatic N) is 6. The highest BCUT2D eigenvalue weighted by molar-refractivity contribution is 8.00. The summed E-state index contributed by atoms with van der Waals surface area (Å²) >= 11 is 2.00. The van der Waals surface area contributed by atoms with E-state index in [9.17, 15) is 39.3 Å². The van der Waals surface area contributed by atoms with Crippen LogP contribution in [0.25, 0.3) is 0 Å². The Labute approximate surface area is 268 Å².